The van der Waals surface area contributed by atoms with Gasteiger partial charge in [-0.05, 0) is 30.7 Å². The number of carbonyl (C=O) groups excluding carboxylic acids is 1. The molecule has 0 saturated heterocycles. The molecule has 142 valence electrons. The summed E-state index contributed by atoms with van der Waals surface area (Å²) in [5, 5.41) is 13.9. The van der Waals surface area contributed by atoms with Crippen LogP contribution >= 0.6 is 11.3 Å². The van der Waals surface area contributed by atoms with Gasteiger partial charge in [0.2, 0.25) is 0 Å². The van der Waals surface area contributed by atoms with Gasteiger partial charge in [-0.1, -0.05) is 29.5 Å². The van der Waals surface area contributed by atoms with Crippen molar-refractivity contribution in [1.82, 2.24) is 19.9 Å². The van der Waals surface area contributed by atoms with Gasteiger partial charge in [0.1, 0.15) is 10.9 Å². The maximum Gasteiger partial charge on any atom is 0.326 e. The van der Waals surface area contributed by atoms with Crippen LogP contribution in [0.5, 0.6) is 0 Å². The van der Waals surface area contributed by atoms with E-state index in [1.165, 1.54) is 11.3 Å². The molecule has 0 saturated carbocycles. The number of nitrogens with one attached hydrogen (secondary N) is 2. The number of aromatic amines is 1. The Bertz CT molecular complexity index is 1140. The number of amides is 1. The maximum absolute atomic E-state index is 12.7. The Kier molecular flexibility index (Phi) is 4.70. The standard InChI is InChI=1S/C20H18N4O3S/c1-12-17(28-20(22-12)24-8-4-5-9-24)18(25)23-16(19(26)27)10-13-11-21-15-7-3-2-6-14(13)15/h2-9,11,16,21H,10H2,1H3,(H,23,25)(H,26,27)/t16-/m0/s1. The van der Waals surface area contributed by atoms with Crippen LogP contribution in [0.2, 0.25) is 0 Å². The van der Waals surface area contributed by atoms with Gasteiger partial charge in [0.05, 0.1) is 5.69 Å². The molecule has 0 radical (unpaired) electrons. The van der Waals surface area contributed by atoms with Crippen LogP contribution in [-0.2, 0) is 11.2 Å². The van der Waals surface area contributed by atoms with Gasteiger partial charge < -0.3 is 20.0 Å². The smallest absolute Gasteiger partial charge is 0.326 e. The number of hydrogen-bond acceptors (Lipinski definition) is 4. The minimum Gasteiger partial charge on any atom is -0.480 e. The number of aliphatic carboxylic acids is 1. The third-order valence-electron chi connectivity index (χ3n) is 4.52. The Morgan fingerprint density at radius 3 is 2.75 bits per heavy atom. The Labute approximate surface area is 164 Å². The predicted octanol–water partition coefficient (Wildman–Crippen LogP) is 3.15. The molecule has 0 fully saturated rings. The number of carboxylic acids is 1. The molecule has 1 aromatic carbocycles. The molecular weight excluding hydrogens is 376 g/mol. The first-order valence-electron chi connectivity index (χ1n) is 8.72. The molecule has 4 rings (SSSR count). The van der Waals surface area contributed by atoms with Crippen molar-refractivity contribution in [1.29, 1.82) is 0 Å². The van der Waals surface area contributed by atoms with Gasteiger partial charge in [0.25, 0.3) is 5.91 Å². The molecule has 0 spiro atoms. The number of H-pyrrole nitrogens is 1. The van der Waals surface area contributed by atoms with E-state index in [-0.39, 0.29) is 6.42 Å². The fourth-order valence-electron chi connectivity index (χ4n) is 3.11. The minimum absolute atomic E-state index is 0.188. The maximum atomic E-state index is 12.7. The van der Waals surface area contributed by atoms with Gasteiger partial charge in [-0.15, -0.1) is 0 Å². The van der Waals surface area contributed by atoms with Crippen LogP contribution < -0.4 is 5.32 Å². The lowest BCUT2D eigenvalue weighted by Crippen LogP contribution is -2.42. The molecule has 0 aliphatic heterocycles. The van der Waals surface area contributed by atoms with E-state index < -0.39 is 17.9 Å². The molecule has 0 aliphatic rings. The van der Waals surface area contributed by atoms with E-state index in [0.717, 1.165) is 16.5 Å². The summed E-state index contributed by atoms with van der Waals surface area (Å²) in [5.74, 6) is -1.51. The van der Waals surface area contributed by atoms with Crippen molar-refractivity contribution < 1.29 is 14.7 Å². The number of carboxylic acid groups (broad SMARTS) is 1. The lowest BCUT2D eigenvalue weighted by molar-refractivity contribution is -0.139. The molecule has 1 amide bonds. The first-order chi connectivity index (χ1) is 13.5. The fraction of sp³-hybridized carbons (Fsp3) is 0.150. The number of para-hydroxylation sites is 1. The normalized spacial score (nSPS) is 12.2. The Morgan fingerprint density at radius 1 is 1.25 bits per heavy atom. The van der Waals surface area contributed by atoms with E-state index in [2.05, 4.69) is 15.3 Å². The summed E-state index contributed by atoms with van der Waals surface area (Å²) < 4.78 is 1.81. The average molecular weight is 394 g/mol. The van der Waals surface area contributed by atoms with Gasteiger partial charge >= 0.3 is 5.97 Å². The summed E-state index contributed by atoms with van der Waals surface area (Å²) in [5.41, 5.74) is 2.35. The number of benzene rings is 1. The molecule has 4 aromatic rings. The highest BCUT2D eigenvalue weighted by atomic mass is 32.1. The summed E-state index contributed by atoms with van der Waals surface area (Å²) in [6, 6.07) is 10.4. The summed E-state index contributed by atoms with van der Waals surface area (Å²) in [6.45, 7) is 1.74. The molecule has 3 heterocycles. The van der Waals surface area contributed by atoms with E-state index in [1.54, 1.807) is 13.1 Å². The van der Waals surface area contributed by atoms with Crippen molar-refractivity contribution in [2.75, 3.05) is 0 Å². The Balaban J connectivity index is 1.55. The van der Waals surface area contributed by atoms with Crippen LogP contribution in [0.3, 0.4) is 0 Å². The highest BCUT2D eigenvalue weighted by Crippen LogP contribution is 2.23. The third-order valence-corrected chi connectivity index (χ3v) is 5.69. The first-order valence-corrected chi connectivity index (χ1v) is 9.54. The van der Waals surface area contributed by atoms with Crippen molar-refractivity contribution in [3.8, 4) is 5.13 Å². The van der Waals surface area contributed by atoms with Crippen LogP contribution in [0.4, 0.5) is 0 Å². The second-order valence-corrected chi connectivity index (χ2v) is 7.41. The predicted molar refractivity (Wildman–Crippen MR) is 107 cm³/mol. The zero-order valence-corrected chi connectivity index (χ0v) is 15.9. The SMILES string of the molecule is Cc1nc(-n2cccc2)sc1C(=O)N[C@@H](Cc1c[nH]c2ccccc12)C(=O)O. The molecule has 0 bridgehead atoms. The third kappa shape index (κ3) is 3.41. The van der Waals surface area contributed by atoms with E-state index >= 15 is 0 Å². The second kappa shape index (κ2) is 7.32. The minimum atomic E-state index is -1.08. The summed E-state index contributed by atoms with van der Waals surface area (Å²) in [4.78, 5) is 32.4. The number of rotatable bonds is 6. The van der Waals surface area contributed by atoms with Crippen LogP contribution in [0, 0.1) is 6.92 Å². The van der Waals surface area contributed by atoms with E-state index in [4.69, 9.17) is 0 Å². The van der Waals surface area contributed by atoms with Gasteiger partial charge in [-0.25, -0.2) is 9.78 Å². The number of carbonyl (C=O) groups is 2. The number of aryl methyl sites for hydroxylation is 1. The van der Waals surface area contributed by atoms with Crippen LogP contribution in [0.1, 0.15) is 20.9 Å². The van der Waals surface area contributed by atoms with Gasteiger partial charge in [-0.3, -0.25) is 4.79 Å². The largest absolute Gasteiger partial charge is 0.480 e. The van der Waals surface area contributed by atoms with Crippen molar-refractivity contribution in [2.45, 2.75) is 19.4 Å². The molecule has 7 nitrogen and oxygen atoms in total. The number of aromatic nitrogens is 3. The topological polar surface area (TPSA) is 100 Å². The lowest BCUT2D eigenvalue weighted by atomic mass is 10.0. The molecule has 3 N–H and O–H groups in total. The molecular formula is C20H18N4O3S. The van der Waals surface area contributed by atoms with Gasteiger partial charge in [0, 0.05) is 35.9 Å². The van der Waals surface area contributed by atoms with E-state index in [1.807, 2.05) is 53.4 Å². The first kappa shape index (κ1) is 18.0. The fourth-order valence-corrected chi connectivity index (χ4v) is 4.05. The zero-order chi connectivity index (χ0) is 19.7. The second-order valence-electron chi connectivity index (χ2n) is 6.43. The number of hydrogen-bond donors (Lipinski definition) is 3. The number of thiazole rings is 1. The van der Waals surface area contributed by atoms with E-state index in [9.17, 15) is 14.7 Å². The Morgan fingerprint density at radius 2 is 2.00 bits per heavy atom. The quantitative estimate of drug-likeness (QED) is 0.468. The summed E-state index contributed by atoms with van der Waals surface area (Å²) >= 11 is 1.23. The molecule has 28 heavy (non-hydrogen) atoms. The van der Waals surface area contributed by atoms with E-state index in [0.29, 0.717) is 15.7 Å². The van der Waals surface area contributed by atoms with Gasteiger partial charge in [-0.2, -0.15) is 0 Å². The monoisotopic (exact) mass is 394 g/mol. The lowest BCUT2D eigenvalue weighted by Gasteiger charge is -2.13. The molecule has 1 atom stereocenters. The zero-order valence-electron chi connectivity index (χ0n) is 15.0. The molecule has 0 aliphatic carbocycles. The van der Waals surface area contributed by atoms with Crippen molar-refractivity contribution in [3.63, 3.8) is 0 Å². The van der Waals surface area contributed by atoms with Crippen LogP contribution in [-0.4, -0.2) is 37.6 Å². The summed E-state index contributed by atoms with van der Waals surface area (Å²) in [6.07, 6.45) is 5.66. The van der Waals surface area contributed by atoms with Gasteiger partial charge in [0.15, 0.2) is 5.13 Å². The molecule has 3 aromatic heterocycles. The highest BCUT2D eigenvalue weighted by Gasteiger charge is 2.25. The number of nitrogens with zero attached hydrogens (tertiary/aromatic N) is 2. The Hall–Kier alpha value is -3.39. The van der Waals surface area contributed by atoms with Crippen molar-refractivity contribution in [3.05, 3.63) is 71.1 Å². The van der Waals surface area contributed by atoms with Crippen LogP contribution in [0.25, 0.3) is 16.0 Å². The van der Waals surface area contributed by atoms with Crippen molar-refractivity contribution >= 4 is 34.1 Å². The average Bonchev–Trinajstić information content (AvgIpc) is 3.40. The summed E-state index contributed by atoms with van der Waals surface area (Å²) in [7, 11) is 0. The molecule has 0 unspecified atom stereocenters. The van der Waals surface area contributed by atoms with Crippen LogP contribution in [0.15, 0.2) is 55.0 Å². The highest BCUT2D eigenvalue weighted by molar-refractivity contribution is 7.16. The number of fused-ring (bicyclic) bond motifs is 1. The molecule has 8 heteroatoms. The van der Waals surface area contributed by atoms with Crippen molar-refractivity contribution in [2.24, 2.45) is 0 Å².